The van der Waals surface area contributed by atoms with Crippen LogP contribution in [0.15, 0.2) is 48.5 Å². The van der Waals surface area contributed by atoms with E-state index < -0.39 is 5.97 Å². The molecule has 1 heterocycles. The average molecular weight is 354 g/mol. The summed E-state index contributed by atoms with van der Waals surface area (Å²) < 4.78 is 5.18. The first-order valence-electron chi connectivity index (χ1n) is 8.56. The van der Waals surface area contributed by atoms with Gasteiger partial charge in [-0.3, -0.25) is 0 Å². The third-order valence-corrected chi connectivity index (χ3v) is 4.71. The molecule has 1 atom stereocenters. The van der Waals surface area contributed by atoms with E-state index in [1.54, 1.807) is 31.4 Å². The summed E-state index contributed by atoms with van der Waals surface area (Å²) in [5.74, 6) is 0.207. The van der Waals surface area contributed by atoms with E-state index >= 15 is 0 Å². The van der Waals surface area contributed by atoms with E-state index in [1.165, 1.54) is 5.56 Å². The van der Waals surface area contributed by atoms with Crippen LogP contribution in [0.5, 0.6) is 5.75 Å². The van der Waals surface area contributed by atoms with Crippen LogP contribution in [-0.4, -0.2) is 42.2 Å². The Bertz CT molecular complexity index is 771. The molecule has 0 saturated carbocycles. The van der Waals surface area contributed by atoms with Gasteiger partial charge in [-0.25, -0.2) is 9.59 Å². The fourth-order valence-corrected chi connectivity index (χ4v) is 3.15. The number of methoxy groups -OCH3 is 1. The summed E-state index contributed by atoms with van der Waals surface area (Å²) in [6, 6.07) is 14.4. The van der Waals surface area contributed by atoms with Crippen molar-refractivity contribution in [1.29, 1.82) is 0 Å². The molecule has 136 valence electrons. The third-order valence-electron chi connectivity index (χ3n) is 4.71. The fourth-order valence-electron chi connectivity index (χ4n) is 3.15. The lowest BCUT2D eigenvalue weighted by Crippen LogP contribution is -2.37. The number of hydrogen-bond acceptors (Lipinski definition) is 3. The van der Waals surface area contributed by atoms with E-state index in [9.17, 15) is 9.59 Å². The molecule has 1 saturated heterocycles. The summed E-state index contributed by atoms with van der Waals surface area (Å²) in [4.78, 5) is 25.0. The lowest BCUT2D eigenvalue weighted by atomic mass is 9.98. The monoisotopic (exact) mass is 354 g/mol. The van der Waals surface area contributed by atoms with Crippen LogP contribution in [0.25, 0.3) is 0 Å². The van der Waals surface area contributed by atoms with Crippen LogP contribution in [0.4, 0.5) is 4.79 Å². The number of nitrogens with zero attached hydrogens (tertiary/aromatic N) is 1. The quantitative estimate of drug-likeness (QED) is 0.865. The molecule has 0 radical (unpaired) electrons. The lowest BCUT2D eigenvalue weighted by Gasteiger charge is -2.18. The molecule has 2 aromatic carbocycles. The number of aromatic carboxylic acids is 1. The van der Waals surface area contributed by atoms with E-state index in [4.69, 9.17) is 9.84 Å². The second-order valence-electron chi connectivity index (χ2n) is 6.37. The van der Waals surface area contributed by atoms with Crippen molar-refractivity contribution < 1.29 is 19.4 Å². The Hall–Kier alpha value is -3.02. The van der Waals surface area contributed by atoms with Crippen LogP contribution in [0.1, 0.15) is 33.8 Å². The highest BCUT2D eigenvalue weighted by atomic mass is 16.5. The van der Waals surface area contributed by atoms with Crippen LogP contribution in [0.2, 0.25) is 0 Å². The Kier molecular flexibility index (Phi) is 5.41. The molecule has 2 aromatic rings. The number of rotatable bonds is 5. The molecule has 2 N–H and O–H groups in total. The van der Waals surface area contributed by atoms with Crippen molar-refractivity contribution in [2.45, 2.75) is 18.9 Å². The first-order valence-corrected chi connectivity index (χ1v) is 8.56. The molecule has 3 rings (SSSR count). The van der Waals surface area contributed by atoms with Gasteiger partial charge in [0.1, 0.15) is 5.75 Å². The van der Waals surface area contributed by atoms with Crippen LogP contribution in [0, 0.1) is 0 Å². The molecule has 0 aliphatic carbocycles. The molecule has 26 heavy (non-hydrogen) atoms. The van der Waals surface area contributed by atoms with Crippen LogP contribution in [-0.2, 0) is 6.54 Å². The first kappa shape index (κ1) is 17.8. The SMILES string of the molecule is COc1ccc(C2CCN(C(=O)NCc3ccc(C(=O)O)cc3)C2)cc1. The molecule has 1 unspecified atom stereocenters. The normalized spacial score (nSPS) is 16.3. The smallest absolute Gasteiger partial charge is 0.335 e. The summed E-state index contributed by atoms with van der Waals surface area (Å²) in [6.45, 7) is 1.79. The molecule has 6 nitrogen and oxygen atoms in total. The summed E-state index contributed by atoms with van der Waals surface area (Å²) in [5.41, 5.74) is 2.32. The van der Waals surface area contributed by atoms with E-state index in [2.05, 4.69) is 17.4 Å². The van der Waals surface area contributed by atoms with Gasteiger partial charge in [0.15, 0.2) is 0 Å². The van der Waals surface area contributed by atoms with E-state index in [0.29, 0.717) is 19.0 Å². The van der Waals surface area contributed by atoms with Crippen molar-refractivity contribution in [3.8, 4) is 5.75 Å². The molecule has 1 aliphatic rings. The van der Waals surface area contributed by atoms with Crippen molar-refractivity contribution in [3.05, 3.63) is 65.2 Å². The van der Waals surface area contributed by atoms with Crippen LogP contribution in [0.3, 0.4) is 0 Å². The number of hydrogen-bond donors (Lipinski definition) is 2. The van der Waals surface area contributed by atoms with Gasteiger partial charge in [0.25, 0.3) is 0 Å². The highest BCUT2D eigenvalue weighted by Gasteiger charge is 2.27. The van der Waals surface area contributed by atoms with Gasteiger partial charge in [0, 0.05) is 25.6 Å². The maximum Gasteiger partial charge on any atom is 0.335 e. The number of likely N-dealkylation sites (tertiary alicyclic amines) is 1. The number of carboxylic acid groups (broad SMARTS) is 1. The van der Waals surface area contributed by atoms with Gasteiger partial charge in [-0.2, -0.15) is 0 Å². The van der Waals surface area contributed by atoms with Gasteiger partial charge < -0.3 is 20.1 Å². The molecule has 1 aliphatic heterocycles. The van der Waals surface area contributed by atoms with E-state index in [1.807, 2.05) is 17.0 Å². The van der Waals surface area contributed by atoms with Gasteiger partial charge in [-0.1, -0.05) is 24.3 Å². The zero-order valence-electron chi connectivity index (χ0n) is 14.6. The molecule has 2 amide bonds. The number of urea groups is 1. The van der Waals surface area contributed by atoms with Gasteiger partial charge in [-0.05, 0) is 41.8 Å². The minimum absolute atomic E-state index is 0.0941. The third kappa shape index (κ3) is 4.14. The molecule has 0 spiro atoms. The summed E-state index contributed by atoms with van der Waals surface area (Å²) in [6.07, 6.45) is 0.938. The predicted octanol–water partition coefficient (Wildman–Crippen LogP) is 3.09. The Labute approximate surface area is 152 Å². The second-order valence-corrected chi connectivity index (χ2v) is 6.37. The van der Waals surface area contributed by atoms with Crippen LogP contribution >= 0.6 is 0 Å². The second kappa shape index (κ2) is 7.91. The number of nitrogens with one attached hydrogen (secondary N) is 1. The van der Waals surface area contributed by atoms with E-state index in [0.717, 1.165) is 24.3 Å². The summed E-state index contributed by atoms with van der Waals surface area (Å²) in [5, 5.41) is 11.8. The number of carbonyl (C=O) groups is 2. The van der Waals surface area contributed by atoms with Crippen molar-refractivity contribution in [2.75, 3.05) is 20.2 Å². The zero-order valence-corrected chi connectivity index (χ0v) is 14.6. The van der Waals surface area contributed by atoms with Crippen LogP contribution < -0.4 is 10.1 Å². The average Bonchev–Trinajstić information content (AvgIpc) is 3.17. The maximum absolute atomic E-state index is 12.4. The highest BCUT2D eigenvalue weighted by Crippen LogP contribution is 2.28. The molecule has 0 aromatic heterocycles. The fraction of sp³-hybridized carbons (Fsp3) is 0.300. The van der Waals surface area contributed by atoms with E-state index in [-0.39, 0.29) is 11.6 Å². The minimum Gasteiger partial charge on any atom is -0.497 e. The standard InChI is InChI=1S/C20H22N2O4/c1-26-18-8-6-15(7-9-18)17-10-11-22(13-17)20(25)21-12-14-2-4-16(5-3-14)19(23)24/h2-9,17H,10-13H2,1H3,(H,21,25)(H,23,24). The largest absolute Gasteiger partial charge is 0.497 e. The highest BCUT2D eigenvalue weighted by molar-refractivity contribution is 5.87. The number of ether oxygens (including phenoxy) is 1. The predicted molar refractivity (Wildman–Crippen MR) is 97.6 cm³/mol. The van der Waals surface area contributed by atoms with Crippen molar-refractivity contribution in [2.24, 2.45) is 0 Å². The Morgan fingerprint density at radius 1 is 1.15 bits per heavy atom. The maximum atomic E-state index is 12.4. The first-order chi connectivity index (χ1) is 12.6. The number of amides is 2. The number of benzene rings is 2. The number of carboxylic acids is 1. The minimum atomic E-state index is -0.956. The number of carbonyl (C=O) groups excluding carboxylic acids is 1. The Balaban J connectivity index is 1.51. The van der Waals surface area contributed by atoms with Gasteiger partial charge in [0.05, 0.1) is 12.7 Å². The molecular formula is C20H22N2O4. The summed E-state index contributed by atoms with van der Waals surface area (Å²) in [7, 11) is 1.64. The van der Waals surface area contributed by atoms with Crippen molar-refractivity contribution >= 4 is 12.0 Å². The molecule has 6 heteroatoms. The topological polar surface area (TPSA) is 78.9 Å². The Morgan fingerprint density at radius 3 is 2.46 bits per heavy atom. The van der Waals surface area contributed by atoms with Crippen molar-refractivity contribution in [3.63, 3.8) is 0 Å². The molecule has 0 bridgehead atoms. The van der Waals surface area contributed by atoms with Crippen molar-refractivity contribution in [1.82, 2.24) is 10.2 Å². The zero-order chi connectivity index (χ0) is 18.5. The molecule has 1 fully saturated rings. The van der Waals surface area contributed by atoms with Gasteiger partial charge in [-0.15, -0.1) is 0 Å². The lowest BCUT2D eigenvalue weighted by molar-refractivity contribution is 0.0697. The molecular weight excluding hydrogens is 332 g/mol. The summed E-state index contributed by atoms with van der Waals surface area (Å²) >= 11 is 0. The van der Waals surface area contributed by atoms with Gasteiger partial charge >= 0.3 is 12.0 Å². The Morgan fingerprint density at radius 2 is 1.85 bits per heavy atom. The van der Waals surface area contributed by atoms with Gasteiger partial charge in [0.2, 0.25) is 0 Å².